The maximum absolute atomic E-state index is 13.6. The molecule has 0 saturated carbocycles. The lowest BCUT2D eigenvalue weighted by Gasteiger charge is -2.15. The maximum Gasteiger partial charge on any atom is 0.191 e. The average molecular weight is 442 g/mol. The largest absolute Gasteiger partial charge is 0.376 e. The normalized spacial score (nSPS) is 18.0. The van der Waals surface area contributed by atoms with E-state index in [0.717, 1.165) is 26.0 Å². The number of hydrogen-bond acceptors (Lipinski definition) is 2. The average Bonchev–Trinajstić information content (AvgIpc) is 2.98. The van der Waals surface area contributed by atoms with Gasteiger partial charge >= 0.3 is 0 Å². The zero-order chi connectivity index (χ0) is 15.1. The second-order valence-corrected chi connectivity index (χ2v) is 5.37. The van der Waals surface area contributed by atoms with Crippen LogP contribution in [-0.2, 0) is 11.2 Å². The lowest BCUT2D eigenvalue weighted by Crippen LogP contribution is -2.41. The number of halogens is 3. The molecule has 2 N–H and O–H groups in total. The standard InChI is InChI=1S/C15H21ClFN3O.HI/c1-18-15(20-10-11-4-3-9-21-11)19-8-7-12-13(16)5-2-6-14(12)17;/h2,5-6,11H,3-4,7-10H2,1H3,(H2,18,19,20);1H. The first-order chi connectivity index (χ1) is 10.2. The molecular formula is C15H22ClFIN3O. The summed E-state index contributed by atoms with van der Waals surface area (Å²) in [4.78, 5) is 4.14. The van der Waals surface area contributed by atoms with Crippen molar-refractivity contribution in [3.8, 4) is 0 Å². The van der Waals surface area contributed by atoms with E-state index in [4.69, 9.17) is 16.3 Å². The minimum absolute atomic E-state index is 0. The Morgan fingerprint density at radius 1 is 1.45 bits per heavy atom. The van der Waals surface area contributed by atoms with Crippen molar-refractivity contribution in [3.63, 3.8) is 0 Å². The van der Waals surface area contributed by atoms with Gasteiger partial charge in [-0.25, -0.2) is 4.39 Å². The van der Waals surface area contributed by atoms with Gasteiger partial charge in [0.05, 0.1) is 6.10 Å². The van der Waals surface area contributed by atoms with Gasteiger partial charge in [-0.15, -0.1) is 24.0 Å². The summed E-state index contributed by atoms with van der Waals surface area (Å²) in [5.41, 5.74) is 0.529. The van der Waals surface area contributed by atoms with Crippen LogP contribution in [0.3, 0.4) is 0 Å². The van der Waals surface area contributed by atoms with Crippen LogP contribution in [0.2, 0.25) is 5.02 Å². The first-order valence-corrected chi connectivity index (χ1v) is 7.57. The maximum atomic E-state index is 13.6. The fourth-order valence-corrected chi connectivity index (χ4v) is 2.57. The molecule has 0 spiro atoms. The van der Waals surface area contributed by atoms with E-state index in [0.29, 0.717) is 29.5 Å². The number of nitrogens with one attached hydrogen (secondary N) is 2. The van der Waals surface area contributed by atoms with Gasteiger partial charge in [-0.1, -0.05) is 17.7 Å². The molecule has 0 amide bonds. The van der Waals surface area contributed by atoms with E-state index in [-0.39, 0.29) is 35.9 Å². The van der Waals surface area contributed by atoms with Crippen molar-refractivity contribution in [2.45, 2.75) is 25.4 Å². The zero-order valence-electron chi connectivity index (χ0n) is 12.6. The first-order valence-electron chi connectivity index (χ1n) is 7.19. The highest BCUT2D eigenvalue weighted by Crippen LogP contribution is 2.18. The minimum Gasteiger partial charge on any atom is -0.376 e. The third kappa shape index (κ3) is 5.89. The molecule has 7 heteroatoms. The number of hydrogen-bond donors (Lipinski definition) is 2. The lowest BCUT2D eigenvalue weighted by molar-refractivity contribution is 0.114. The monoisotopic (exact) mass is 441 g/mol. The van der Waals surface area contributed by atoms with Crippen LogP contribution >= 0.6 is 35.6 Å². The molecule has 0 aromatic heterocycles. The Hall–Kier alpha value is -0.600. The lowest BCUT2D eigenvalue weighted by atomic mass is 10.1. The molecular weight excluding hydrogens is 420 g/mol. The van der Waals surface area contributed by atoms with Crippen molar-refractivity contribution < 1.29 is 9.13 Å². The summed E-state index contributed by atoms with van der Waals surface area (Å²) in [5.74, 6) is 0.421. The van der Waals surface area contributed by atoms with E-state index in [9.17, 15) is 4.39 Å². The molecule has 1 saturated heterocycles. The minimum atomic E-state index is -0.272. The molecule has 1 aromatic carbocycles. The van der Waals surface area contributed by atoms with Crippen molar-refractivity contribution in [2.24, 2.45) is 4.99 Å². The fourth-order valence-electron chi connectivity index (χ4n) is 2.31. The molecule has 0 aliphatic carbocycles. The van der Waals surface area contributed by atoms with E-state index in [1.807, 2.05) is 0 Å². The summed E-state index contributed by atoms with van der Waals surface area (Å²) in [5, 5.41) is 6.83. The van der Waals surface area contributed by atoms with Gasteiger partial charge in [-0.2, -0.15) is 0 Å². The van der Waals surface area contributed by atoms with Crippen molar-refractivity contribution in [3.05, 3.63) is 34.6 Å². The van der Waals surface area contributed by atoms with Gasteiger partial charge in [-0.05, 0) is 31.4 Å². The third-order valence-electron chi connectivity index (χ3n) is 3.47. The molecule has 1 aliphatic rings. The molecule has 1 heterocycles. The van der Waals surface area contributed by atoms with Crippen molar-refractivity contribution in [1.29, 1.82) is 0 Å². The quantitative estimate of drug-likeness (QED) is 0.419. The van der Waals surface area contributed by atoms with Gasteiger partial charge in [-0.3, -0.25) is 4.99 Å². The number of guanidine groups is 1. The Morgan fingerprint density at radius 2 is 2.27 bits per heavy atom. The van der Waals surface area contributed by atoms with Crippen LogP contribution in [0.15, 0.2) is 23.2 Å². The van der Waals surface area contributed by atoms with Crippen LogP contribution in [0.1, 0.15) is 18.4 Å². The molecule has 1 aliphatic heterocycles. The van der Waals surface area contributed by atoms with Crippen LogP contribution in [0.25, 0.3) is 0 Å². The molecule has 22 heavy (non-hydrogen) atoms. The van der Waals surface area contributed by atoms with Gasteiger partial charge < -0.3 is 15.4 Å². The molecule has 0 radical (unpaired) electrons. The number of benzene rings is 1. The molecule has 1 fully saturated rings. The highest BCUT2D eigenvalue weighted by molar-refractivity contribution is 14.0. The summed E-state index contributed by atoms with van der Waals surface area (Å²) in [6.45, 7) is 2.14. The second-order valence-electron chi connectivity index (χ2n) is 4.97. The topological polar surface area (TPSA) is 45.7 Å². The summed E-state index contributed by atoms with van der Waals surface area (Å²) < 4.78 is 19.2. The summed E-state index contributed by atoms with van der Waals surface area (Å²) in [7, 11) is 1.71. The predicted molar refractivity (Wildman–Crippen MR) is 98.9 cm³/mol. The molecule has 1 aromatic rings. The SMILES string of the molecule is CN=C(NCCc1c(F)cccc1Cl)NCC1CCCO1.I. The van der Waals surface area contributed by atoms with Crippen molar-refractivity contribution in [1.82, 2.24) is 10.6 Å². The number of ether oxygens (including phenoxy) is 1. The number of rotatable bonds is 5. The van der Waals surface area contributed by atoms with E-state index < -0.39 is 0 Å². The van der Waals surface area contributed by atoms with Gasteiger partial charge in [0.2, 0.25) is 0 Å². The van der Waals surface area contributed by atoms with Crippen LogP contribution in [0, 0.1) is 5.82 Å². The Kier molecular flexibility index (Phi) is 9.04. The molecule has 1 unspecified atom stereocenters. The van der Waals surface area contributed by atoms with Gasteiger partial charge in [0, 0.05) is 37.3 Å². The summed E-state index contributed by atoms with van der Waals surface area (Å²) in [6.07, 6.45) is 2.95. The van der Waals surface area contributed by atoms with E-state index >= 15 is 0 Å². The second kappa shape index (κ2) is 10.2. The van der Waals surface area contributed by atoms with Gasteiger partial charge in [0.15, 0.2) is 5.96 Å². The van der Waals surface area contributed by atoms with Crippen LogP contribution < -0.4 is 10.6 Å². The van der Waals surface area contributed by atoms with Crippen LogP contribution in [0.5, 0.6) is 0 Å². The van der Waals surface area contributed by atoms with Gasteiger partial charge in [0.1, 0.15) is 5.82 Å². The molecule has 0 bridgehead atoms. The van der Waals surface area contributed by atoms with E-state index in [1.54, 1.807) is 19.2 Å². The van der Waals surface area contributed by atoms with E-state index in [1.165, 1.54) is 6.07 Å². The van der Waals surface area contributed by atoms with Crippen LogP contribution in [-0.4, -0.2) is 38.8 Å². The van der Waals surface area contributed by atoms with E-state index in [2.05, 4.69) is 15.6 Å². The highest BCUT2D eigenvalue weighted by Gasteiger charge is 2.15. The smallest absolute Gasteiger partial charge is 0.191 e. The molecule has 124 valence electrons. The fraction of sp³-hybridized carbons (Fsp3) is 0.533. The molecule has 1 atom stereocenters. The molecule has 2 rings (SSSR count). The van der Waals surface area contributed by atoms with Crippen molar-refractivity contribution >= 4 is 41.5 Å². The summed E-state index contributed by atoms with van der Waals surface area (Å²) in [6, 6.07) is 4.73. The number of aliphatic imine (C=N–C) groups is 1. The van der Waals surface area contributed by atoms with Crippen LogP contribution in [0.4, 0.5) is 4.39 Å². The Balaban J connectivity index is 0.00000242. The predicted octanol–water partition coefficient (Wildman–Crippen LogP) is 2.98. The van der Waals surface area contributed by atoms with Gasteiger partial charge in [0.25, 0.3) is 0 Å². The Morgan fingerprint density at radius 3 is 2.91 bits per heavy atom. The Labute approximate surface area is 152 Å². The number of nitrogens with zero attached hydrogens (tertiary/aromatic N) is 1. The first kappa shape index (κ1) is 19.4. The zero-order valence-corrected chi connectivity index (χ0v) is 15.7. The third-order valence-corrected chi connectivity index (χ3v) is 3.83. The van der Waals surface area contributed by atoms with Crippen molar-refractivity contribution in [2.75, 3.05) is 26.7 Å². The summed E-state index contributed by atoms with van der Waals surface area (Å²) >= 11 is 6.00. The molecule has 4 nitrogen and oxygen atoms in total. The highest BCUT2D eigenvalue weighted by atomic mass is 127. The Bertz CT molecular complexity index is 475.